The van der Waals surface area contributed by atoms with Gasteiger partial charge < -0.3 is 10.5 Å². The van der Waals surface area contributed by atoms with Crippen LogP contribution < -0.4 is 5.32 Å². The molecule has 0 fully saturated rings. The molecule has 0 aliphatic carbocycles. The Balaban J connectivity index is 2.02. The van der Waals surface area contributed by atoms with Gasteiger partial charge in [0.15, 0.2) is 0 Å². The highest BCUT2D eigenvalue weighted by molar-refractivity contribution is 6.01. The highest BCUT2D eigenvalue weighted by atomic mass is 16.4. The van der Waals surface area contributed by atoms with E-state index < -0.39 is 0 Å². The molecule has 1 heterocycles. The van der Waals surface area contributed by atoms with Gasteiger partial charge in [-0.1, -0.05) is 41.6 Å². The topological polar surface area (TPSA) is 74.6 Å². The first-order valence-electron chi connectivity index (χ1n) is 9.55. The van der Waals surface area contributed by atoms with Crippen LogP contribution in [0.5, 0.6) is 0 Å². The largest absolute Gasteiger partial charge is 0.411 e. The van der Waals surface area contributed by atoms with Crippen LogP contribution in [0.25, 0.3) is 0 Å². The van der Waals surface area contributed by atoms with Crippen molar-refractivity contribution >= 4 is 11.6 Å². The third-order valence-electron chi connectivity index (χ3n) is 5.11. The van der Waals surface area contributed by atoms with E-state index in [1.807, 2.05) is 55.5 Å². The lowest BCUT2D eigenvalue weighted by Gasteiger charge is -2.21. The van der Waals surface area contributed by atoms with Gasteiger partial charge in [-0.25, -0.2) is 0 Å². The van der Waals surface area contributed by atoms with Gasteiger partial charge in [0, 0.05) is 42.4 Å². The molecule has 29 heavy (non-hydrogen) atoms. The number of nitrogens with one attached hydrogen (secondary N) is 1. The molecular weight excluding hydrogens is 362 g/mol. The lowest BCUT2D eigenvalue weighted by Crippen LogP contribution is -2.18. The van der Waals surface area contributed by atoms with Crippen molar-refractivity contribution in [3.63, 3.8) is 0 Å². The summed E-state index contributed by atoms with van der Waals surface area (Å²) in [5, 5.41) is 16.0. The number of pyridine rings is 1. The van der Waals surface area contributed by atoms with Gasteiger partial charge >= 0.3 is 0 Å². The number of aromatic nitrogens is 1. The second kappa shape index (κ2) is 9.15. The fourth-order valence-electron chi connectivity index (χ4n) is 3.53. The Morgan fingerprint density at radius 2 is 1.79 bits per heavy atom. The number of hydrogen-bond acceptors (Lipinski definition) is 4. The molecule has 0 saturated heterocycles. The van der Waals surface area contributed by atoms with Gasteiger partial charge in [-0.2, -0.15) is 0 Å². The summed E-state index contributed by atoms with van der Waals surface area (Å²) in [4.78, 5) is 16.1. The first-order valence-corrected chi connectivity index (χ1v) is 9.55. The van der Waals surface area contributed by atoms with Gasteiger partial charge in [-0.05, 0) is 54.8 Å². The Labute approximate surface area is 171 Å². The van der Waals surface area contributed by atoms with Crippen LogP contribution >= 0.6 is 0 Å². The number of carbonyl (C=O) groups excluding carboxylic acids is 1. The molecule has 2 N–H and O–H groups in total. The van der Waals surface area contributed by atoms with Crippen molar-refractivity contribution in [1.82, 2.24) is 10.3 Å². The molecule has 1 aromatic heterocycles. The third-order valence-corrected chi connectivity index (χ3v) is 5.11. The molecule has 1 amide bonds. The summed E-state index contributed by atoms with van der Waals surface area (Å²) in [7, 11) is 1.62. The quantitative estimate of drug-likeness (QED) is 0.373. The van der Waals surface area contributed by atoms with E-state index in [1.165, 1.54) is 0 Å². The van der Waals surface area contributed by atoms with E-state index in [2.05, 4.69) is 34.5 Å². The molecule has 0 spiro atoms. The number of benzene rings is 2. The smallest absolute Gasteiger partial charge is 0.251 e. The summed E-state index contributed by atoms with van der Waals surface area (Å²) in [6.45, 7) is 3.99. The van der Waals surface area contributed by atoms with Crippen molar-refractivity contribution in [2.75, 3.05) is 7.05 Å². The normalized spacial score (nSPS) is 12.4. The lowest BCUT2D eigenvalue weighted by molar-refractivity contribution is 0.0963. The highest BCUT2D eigenvalue weighted by Gasteiger charge is 2.21. The summed E-state index contributed by atoms with van der Waals surface area (Å²) in [6, 6.07) is 19.6. The number of nitrogens with zero attached hydrogens (tertiary/aromatic N) is 2. The Morgan fingerprint density at radius 3 is 2.41 bits per heavy atom. The van der Waals surface area contributed by atoms with Crippen LogP contribution in [0, 0.1) is 13.8 Å². The average molecular weight is 387 g/mol. The molecule has 2 aromatic carbocycles. The van der Waals surface area contributed by atoms with E-state index in [0.29, 0.717) is 17.7 Å². The number of aryl methyl sites for hydroxylation is 2. The second-order valence-corrected chi connectivity index (χ2v) is 7.05. The zero-order chi connectivity index (χ0) is 20.8. The standard InChI is InChI=1S/C24H25N3O2/c1-16-6-4-5-7-21(16)22(18-8-10-19(11-9-18)24(28)25-3)15-23(27-29)20-12-13-26-17(2)14-20/h4-14,22,29H,15H2,1-3H3,(H,25,28)/b27-23-/t22-/m1/s1. The number of hydrogen-bond donors (Lipinski definition) is 2. The van der Waals surface area contributed by atoms with Gasteiger partial charge in [0.25, 0.3) is 5.91 Å². The second-order valence-electron chi connectivity index (χ2n) is 7.05. The summed E-state index contributed by atoms with van der Waals surface area (Å²) in [5.74, 6) is -0.136. The minimum atomic E-state index is -0.117. The highest BCUT2D eigenvalue weighted by Crippen LogP contribution is 2.32. The number of amides is 1. The van der Waals surface area contributed by atoms with Gasteiger partial charge in [0.05, 0.1) is 5.71 Å². The maximum atomic E-state index is 11.9. The molecule has 0 radical (unpaired) electrons. The van der Waals surface area contributed by atoms with Crippen molar-refractivity contribution < 1.29 is 10.0 Å². The van der Waals surface area contributed by atoms with Crippen molar-refractivity contribution in [1.29, 1.82) is 0 Å². The molecular formula is C24H25N3O2. The Kier molecular flexibility index (Phi) is 6.39. The Morgan fingerprint density at radius 1 is 1.07 bits per heavy atom. The minimum Gasteiger partial charge on any atom is -0.411 e. The van der Waals surface area contributed by atoms with E-state index in [4.69, 9.17) is 0 Å². The van der Waals surface area contributed by atoms with Crippen LogP contribution in [0.15, 0.2) is 72.0 Å². The average Bonchev–Trinajstić information content (AvgIpc) is 2.75. The molecule has 0 bridgehead atoms. The molecule has 148 valence electrons. The molecule has 3 aromatic rings. The van der Waals surface area contributed by atoms with Gasteiger partial charge in [0.1, 0.15) is 0 Å². The van der Waals surface area contributed by atoms with Crippen molar-refractivity contribution in [3.05, 3.63) is 100 Å². The molecule has 0 aliphatic heterocycles. The van der Waals surface area contributed by atoms with Crippen LogP contribution in [0.4, 0.5) is 0 Å². The lowest BCUT2D eigenvalue weighted by atomic mass is 9.83. The number of rotatable bonds is 6. The zero-order valence-electron chi connectivity index (χ0n) is 16.9. The summed E-state index contributed by atoms with van der Waals surface area (Å²) < 4.78 is 0. The van der Waals surface area contributed by atoms with Crippen LogP contribution in [-0.4, -0.2) is 28.9 Å². The first kappa shape index (κ1) is 20.3. The molecule has 5 nitrogen and oxygen atoms in total. The molecule has 3 rings (SSSR count). The molecule has 0 saturated carbocycles. The van der Waals surface area contributed by atoms with Crippen molar-refractivity contribution in [2.24, 2.45) is 5.16 Å². The van der Waals surface area contributed by atoms with Crippen LogP contribution in [0.2, 0.25) is 0 Å². The van der Waals surface area contributed by atoms with Crippen LogP contribution in [0.1, 0.15) is 50.6 Å². The summed E-state index contributed by atoms with van der Waals surface area (Å²) in [5.41, 5.74) is 6.30. The van der Waals surface area contributed by atoms with E-state index in [9.17, 15) is 10.0 Å². The Hall–Kier alpha value is -3.47. The Bertz CT molecular complexity index is 1030. The van der Waals surface area contributed by atoms with Gasteiger partial charge in [-0.15, -0.1) is 0 Å². The maximum absolute atomic E-state index is 11.9. The van der Waals surface area contributed by atoms with E-state index in [1.54, 1.807) is 13.2 Å². The molecule has 0 unspecified atom stereocenters. The SMILES string of the molecule is CNC(=O)c1ccc([C@@H](C/C(=N/O)c2ccnc(C)c2)c2ccccc2C)cc1. The third kappa shape index (κ3) is 4.69. The van der Waals surface area contributed by atoms with Crippen LogP contribution in [-0.2, 0) is 0 Å². The van der Waals surface area contributed by atoms with E-state index >= 15 is 0 Å². The maximum Gasteiger partial charge on any atom is 0.251 e. The van der Waals surface area contributed by atoms with Crippen LogP contribution in [0.3, 0.4) is 0 Å². The van der Waals surface area contributed by atoms with Crippen molar-refractivity contribution in [2.45, 2.75) is 26.2 Å². The molecule has 0 aliphatic rings. The minimum absolute atomic E-state index is 0.0192. The predicted octanol–water partition coefficient (Wildman–Crippen LogP) is 4.46. The molecule has 5 heteroatoms. The van der Waals surface area contributed by atoms with E-state index in [-0.39, 0.29) is 11.8 Å². The summed E-state index contributed by atoms with van der Waals surface area (Å²) >= 11 is 0. The fraction of sp³-hybridized carbons (Fsp3) is 0.208. The summed E-state index contributed by atoms with van der Waals surface area (Å²) in [6.07, 6.45) is 2.24. The zero-order valence-corrected chi connectivity index (χ0v) is 16.9. The van der Waals surface area contributed by atoms with E-state index in [0.717, 1.165) is 27.9 Å². The van der Waals surface area contributed by atoms with Gasteiger partial charge in [-0.3, -0.25) is 9.78 Å². The monoisotopic (exact) mass is 387 g/mol. The fourth-order valence-corrected chi connectivity index (χ4v) is 3.53. The van der Waals surface area contributed by atoms with Crippen molar-refractivity contribution in [3.8, 4) is 0 Å². The predicted molar refractivity (Wildman–Crippen MR) is 115 cm³/mol. The first-order chi connectivity index (χ1) is 14.0. The molecule has 1 atom stereocenters. The number of oxime groups is 1. The number of carbonyl (C=O) groups is 1. The van der Waals surface area contributed by atoms with Gasteiger partial charge in [0.2, 0.25) is 0 Å².